The molecule has 0 fully saturated rings. The lowest BCUT2D eigenvalue weighted by atomic mass is 10.00. The standard InChI is InChI=1S/C32H53O7P/c1-3-5-6-7-8-9-10-11-12-13-14-15-16-17-21-30-24-23-29-20-18-19-22-31(29)32(30)38-39-40(33,34)37-28-27-36-26-25-35-4-2/h18-20,22-24H,3-17,21,25-28H2,1-2H3,(H,33,34). The molecule has 0 saturated heterocycles. The average molecular weight is 581 g/mol. The molecule has 2 rings (SSSR count). The molecule has 2 aromatic rings. The SMILES string of the molecule is CCCCCCCCCCCCCCCCc1ccc2ccccc2c1OOP(=O)(O)OCCOCCOCC. The highest BCUT2D eigenvalue weighted by Gasteiger charge is 2.25. The number of benzene rings is 2. The Morgan fingerprint density at radius 3 is 1.90 bits per heavy atom. The lowest BCUT2D eigenvalue weighted by Crippen LogP contribution is -2.09. The van der Waals surface area contributed by atoms with Crippen LogP contribution in [0, 0.1) is 0 Å². The van der Waals surface area contributed by atoms with Crippen molar-refractivity contribution in [3.63, 3.8) is 0 Å². The summed E-state index contributed by atoms with van der Waals surface area (Å²) in [5, 5.41) is 1.81. The van der Waals surface area contributed by atoms with Crippen LogP contribution in [-0.2, 0) is 29.7 Å². The summed E-state index contributed by atoms with van der Waals surface area (Å²) in [5.74, 6) is 0.471. The molecule has 2 aromatic carbocycles. The van der Waals surface area contributed by atoms with Gasteiger partial charge in [-0.1, -0.05) is 131 Å². The van der Waals surface area contributed by atoms with Gasteiger partial charge in [0.15, 0.2) is 5.75 Å². The van der Waals surface area contributed by atoms with Crippen LogP contribution in [0.5, 0.6) is 5.75 Å². The van der Waals surface area contributed by atoms with Crippen molar-refractivity contribution in [2.75, 3.05) is 33.0 Å². The molecule has 1 N–H and O–H groups in total. The second kappa shape index (κ2) is 22.2. The van der Waals surface area contributed by atoms with Crippen molar-refractivity contribution in [1.29, 1.82) is 0 Å². The van der Waals surface area contributed by atoms with Gasteiger partial charge in [-0.15, -0.1) is 0 Å². The van der Waals surface area contributed by atoms with Gasteiger partial charge >= 0.3 is 7.82 Å². The lowest BCUT2D eigenvalue weighted by molar-refractivity contribution is -0.128. The summed E-state index contributed by atoms with van der Waals surface area (Å²) in [5.41, 5.74) is 0.955. The number of ether oxygens (including phenoxy) is 2. The molecule has 0 spiro atoms. The van der Waals surface area contributed by atoms with Crippen LogP contribution in [0.3, 0.4) is 0 Å². The molecular weight excluding hydrogens is 527 g/mol. The van der Waals surface area contributed by atoms with Gasteiger partial charge in [0.2, 0.25) is 0 Å². The van der Waals surface area contributed by atoms with E-state index in [2.05, 4.69) is 13.0 Å². The zero-order valence-electron chi connectivity index (χ0n) is 25.0. The number of unbranched alkanes of at least 4 members (excludes halogenated alkanes) is 13. The van der Waals surface area contributed by atoms with Gasteiger partial charge in [-0.25, -0.2) is 4.57 Å². The Balaban J connectivity index is 1.70. The van der Waals surface area contributed by atoms with Crippen LogP contribution >= 0.6 is 7.82 Å². The van der Waals surface area contributed by atoms with Crippen molar-refractivity contribution in [1.82, 2.24) is 0 Å². The minimum Gasteiger partial charge on any atom is -0.379 e. The van der Waals surface area contributed by atoms with E-state index in [-0.39, 0.29) is 13.2 Å². The van der Waals surface area contributed by atoms with Gasteiger partial charge < -0.3 is 19.3 Å². The van der Waals surface area contributed by atoms with Crippen molar-refractivity contribution in [3.05, 3.63) is 42.0 Å². The number of fused-ring (bicyclic) bond motifs is 1. The van der Waals surface area contributed by atoms with E-state index in [4.69, 9.17) is 23.6 Å². The van der Waals surface area contributed by atoms with Gasteiger partial charge in [-0.2, -0.15) is 0 Å². The van der Waals surface area contributed by atoms with Gasteiger partial charge in [-0.05, 0) is 30.7 Å². The third-order valence-electron chi connectivity index (χ3n) is 7.03. The first-order valence-electron chi connectivity index (χ1n) is 15.6. The number of phosphoric acid groups is 1. The molecule has 1 atom stereocenters. The molecule has 0 aromatic heterocycles. The zero-order chi connectivity index (χ0) is 28.7. The van der Waals surface area contributed by atoms with E-state index in [0.29, 0.717) is 25.6 Å². The Hall–Kier alpha value is -1.47. The molecule has 8 heteroatoms. The first-order chi connectivity index (χ1) is 19.6. The third-order valence-corrected chi connectivity index (χ3v) is 7.81. The van der Waals surface area contributed by atoms with Gasteiger partial charge in [-0.3, -0.25) is 4.52 Å². The second-order valence-corrected chi connectivity index (χ2v) is 11.7. The molecule has 0 radical (unpaired) electrons. The van der Waals surface area contributed by atoms with Gasteiger partial charge in [0, 0.05) is 12.0 Å². The molecule has 0 aliphatic heterocycles. The van der Waals surface area contributed by atoms with Crippen LogP contribution in [0.1, 0.15) is 109 Å². The number of rotatable bonds is 26. The maximum absolute atomic E-state index is 12.4. The number of aryl methyl sites for hydroxylation is 1. The largest absolute Gasteiger partial charge is 0.508 e. The van der Waals surface area contributed by atoms with E-state index in [1.807, 2.05) is 37.3 Å². The predicted molar refractivity (Wildman–Crippen MR) is 163 cm³/mol. The molecule has 0 heterocycles. The molecule has 228 valence electrons. The smallest absolute Gasteiger partial charge is 0.379 e. The van der Waals surface area contributed by atoms with Crippen molar-refractivity contribution in [3.8, 4) is 5.75 Å². The topological polar surface area (TPSA) is 83.5 Å². The fourth-order valence-corrected chi connectivity index (χ4v) is 5.29. The van der Waals surface area contributed by atoms with E-state index in [1.54, 1.807) is 0 Å². The number of hydrogen-bond donors (Lipinski definition) is 1. The highest BCUT2D eigenvalue weighted by atomic mass is 31.2. The van der Waals surface area contributed by atoms with Crippen molar-refractivity contribution < 1.29 is 33.0 Å². The molecule has 0 amide bonds. The van der Waals surface area contributed by atoms with Crippen LogP contribution < -0.4 is 4.89 Å². The Morgan fingerprint density at radius 2 is 1.25 bits per heavy atom. The molecular formula is C32H53O7P. The van der Waals surface area contributed by atoms with Crippen LogP contribution in [0.4, 0.5) is 0 Å². The summed E-state index contributed by atoms with van der Waals surface area (Å²) in [6.07, 6.45) is 19.2. The van der Waals surface area contributed by atoms with E-state index in [9.17, 15) is 9.46 Å². The Bertz CT molecular complexity index is 952. The van der Waals surface area contributed by atoms with Crippen molar-refractivity contribution in [2.24, 2.45) is 0 Å². The van der Waals surface area contributed by atoms with Gasteiger partial charge in [0.05, 0.1) is 26.4 Å². The quantitative estimate of drug-likeness (QED) is 0.0514. The molecule has 0 aliphatic rings. The molecule has 7 nitrogen and oxygen atoms in total. The molecule has 40 heavy (non-hydrogen) atoms. The average Bonchev–Trinajstić information content (AvgIpc) is 2.96. The summed E-state index contributed by atoms with van der Waals surface area (Å²) in [4.78, 5) is 15.6. The highest BCUT2D eigenvalue weighted by Crippen LogP contribution is 2.44. The normalized spacial score (nSPS) is 13.1. The summed E-state index contributed by atoms with van der Waals surface area (Å²) < 4.78 is 32.8. The van der Waals surface area contributed by atoms with E-state index in [1.165, 1.54) is 77.0 Å². The van der Waals surface area contributed by atoms with E-state index >= 15 is 0 Å². The number of hydrogen-bond acceptors (Lipinski definition) is 6. The molecule has 0 saturated carbocycles. The second-order valence-electron chi connectivity index (χ2n) is 10.4. The minimum absolute atomic E-state index is 0.0926. The van der Waals surface area contributed by atoms with Crippen LogP contribution in [0.2, 0.25) is 0 Å². The monoisotopic (exact) mass is 580 g/mol. The Morgan fingerprint density at radius 1 is 0.675 bits per heavy atom. The maximum atomic E-state index is 12.4. The maximum Gasteiger partial charge on any atom is 0.508 e. The molecule has 1 unspecified atom stereocenters. The predicted octanol–water partition coefficient (Wildman–Crippen LogP) is 9.34. The number of phosphoric ester groups is 1. The summed E-state index contributed by atoms with van der Waals surface area (Å²) >= 11 is 0. The van der Waals surface area contributed by atoms with Crippen LogP contribution in [0.25, 0.3) is 10.8 Å². The summed E-state index contributed by atoms with van der Waals surface area (Å²) in [7, 11) is -4.41. The summed E-state index contributed by atoms with van der Waals surface area (Å²) in [6, 6.07) is 11.8. The Labute approximate surface area is 242 Å². The van der Waals surface area contributed by atoms with Crippen molar-refractivity contribution in [2.45, 2.75) is 110 Å². The third kappa shape index (κ3) is 15.5. The van der Waals surface area contributed by atoms with Crippen molar-refractivity contribution >= 4 is 18.6 Å². The van der Waals surface area contributed by atoms with E-state index < -0.39 is 7.82 Å². The first-order valence-corrected chi connectivity index (χ1v) is 17.1. The fraction of sp³-hybridized carbons (Fsp3) is 0.688. The highest BCUT2D eigenvalue weighted by molar-refractivity contribution is 7.47. The molecule has 0 aliphatic carbocycles. The Kier molecular flexibility index (Phi) is 19.2. The van der Waals surface area contributed by atoms with Gasteiger partial charge in [0.1, 0.15) is 0 Å². The molecule has 0 bridgehead atoms. The van der Waals surface area contributed by atoms with Crippen LogP contribution in [-0.4, -0.2) is 37.9 Å². The van der Waals surface area contributed by atoms with E-state index in [0.717, 1.165) is 35.6 Å². The van der Waals surface area contributed by atoms with Crippen LogP contribution in [0.15, 0.2) is 36.4 Å². The lowest BCUT2D eigenvalue weighted by Gasteiger charge is -2.15. The summed E-state index contributed by atoms with van der Waals surface area (Å²) in [6.45, 7) is 5.71. The first kappa shape index (κ1) is 34.7. The minimum atomic E-state index is -4.41. The fourth-order valence-electron chi connectivity index (χ4n) is 4.78. The zero-order valence-corrected chi connectivity index (χ0v) is 25.8. The van der Waals surface area contributed by atoms with Gasteiger partial charge in [0.25, 0.3) is 0 Å².